The summed E-state index contributed by atoms with van der Waals surface area (Å²) in [5.74, 6) is -0.414. The van der Waals surface area contributed by atoms with Gasteiger partial charge >= 0.3 is 0 Å². The van der Waals surface area contributed by atoms with E-state index in [0.29, 0.717) is 25.8 Å². The van der Waals surface area contributed by atoms with Gasteiger partial charge in [-0.25, -0.2) is 0 Å². The van der Waals surface area contributed by atoms with Gasteiger partial charge in [0.2, 0.25) is 0 Å². The summed E-state index contributed by atoms with van der Waals surface area (Å²) in [6, 6.07) is 3.68. The Bertz CT molecular complexity index is 1140. The molecule has 0 aliphatic heterocycles. The summed E-state index contributed by atoms with van der Waals surface area (Å²) in [5.41, 5.74) is 0.487. The third kappa shape index (κ3) is 4.38. The van der Waals surface area contributed by atoms with Gasteiger partial charge in [0.05, 0.1) is 11.8 Å². The molecule has 38 heavy (non-hydrogen) atoms. The van der Waals surface area contributed by atoms with Crippen LogP contribution in [0.2, 0.25) is 0 Å². The van der Waals surface area contributed by atoms with Crippen LogP contribution in [0.3, 0.4) is 0 Å². The number of aromatic nitrogens is 1. The Morgan fingerprint density at radius 2 is 1.95 bits per heavy atom. The molecule has 1 aromatic rings. The van der Waals surface area contributed by atoms with Crippen LogP contribution in [-0.4, -0.2) is 62.6 Å². The Kier molecular flexibility index (Phi) is 7.22. The molecule has 0 aromatic carbocycles. The van der Waals surface area contributed by atoms with Crippen molar-refractivity contribution in [3.63, 3.8) is 0 Å². The van der Waals surface area contributed by atoms with Crippen LogP contribution in [0.5, 0.6) is 0 Å². The van der Waals surface area contributed by atoms with Gasteiger partial charge in [-0.1, -0.05) is 24.6 Å². The fourth-order valence-corrected chi connectivity index (χ4v) is 8.29. The lowest BCUT2D eigenvalue weighted by Crippen LogP contribution is -2.62. The number of aliphatic hydroxyl groups excluding tert-OH is 2. The lowest BCUT2D eigenvalue weighted by Gasteiger charge is -2.60. The summed E-state index contributed by atoms with van der Waals surface area (Å²) < 4.78 is 0. The Hall–Kier alpha value is -2.62. The van der Waals surface area contributed by atoms with Crippen LogP contribution in [0.4, 0.5) is 0 Å². The van der Waals surface area contributed by atoms with Gasteiger partial charge in [-0.15, -0.1) is 0 Å². The standard InChI is InChI=1S/C29H39N3O6/c1-27-9-5-20(32-38-17-25(36)31-15-18-7-11-30-12-8-18)13-19(27)3-4-21-22-6-10-29(37,24(35)16-33)28(22,2)14-23(34)26(21)27/h7-8,11-13,21-23,26,33-34,37H,3-6,9-10,14-17H2,1-2H3,(H,31,36)/t21-,22+,23+,26-,27-,28+,29-/m0/s1. The molecule has 4 N–H and O–H groups in total. The van der Waals surface area contributed by atoms with Gasteiger partial charge in [0.1, 0.15) is 12.2 Å². The first-order chi connectivity index (χ1) is 18.1. The van der Waals surface area contributed by atoms with Crippen LogP contribution in [0.15, 0.2) is 41.3 Å². The molecule has 1 amide bonds. The molecule has 0 unspecified atom stereocenters. The van der Waals surface area contributed by atoms with Crippen molar-refractivity contribution in [2.24, 2.45) is 33.7 Å². The molecule has 9 heteroatoms. The number of hydrogen-bond acceptors (Lipinski definition) is 8. The van der Waals surface area contributed by atoms with E-state index in [1.807, 2.05) is 19.1 Å². The zero-order valence-corrected chi connectivity index (χ0v) is 22.2. The second kappa shape index (κ2) is 10.2. The van der Waals surface area contributed by atoms with Crippen molar-refractivity contribution < 1.29 is 29.7 Å². The monoisotopic (exact) mass is 525 g/mol. The number of ketones is 1. The third-order valence-electron chi connectivity index (χ3n) is 10.3. The quantitative estimate of drug-likeness (QED) is 0.400. The minimum absolute atomic E-state index is 0.0357. The number of oxime groups is 1. The van der Waals surface area contributed by atoms with Crippen LogP contribution in [0.1, 0.15) is 64.4 Å². The minimum Gasteiger partial charge on any atom is -0.393 e. The van der Waals surface area contributed by atoms with Gasteiger partial charge in [0.15, 0.2) is 12.4 Å². The molecule has 4 aliphatic carbocycles. The molecule has 0 saturated heterocycles. The summed E-state index contributed by atoms with van der Waals surface area (Å²) in [6.45, 7) is 3.73. The minimum atomic E-state index is -1.58. The van der Waals surface area contributed by atoms with Gasteiger partial charge in [0, 0.05) is 24.4 Å². The molecule has 9 nitrogen and oxygen atoms in total. The summed E-state index contributed by atoms with van der Waals surface area (Å²) in [7, 11) is 0. The number of aliphatic hydroxyl groups is 3. The highest BCUT2D eigenvalue weighted by atomic mass is 16.6. The number of fused-ring (bicyclic) bond motifs is 5. The number of nitrogens with one attached hydrogen (secondary N) is 1. The molecule has 0 bridgehead atoms. The number of nitrogens with zero attached hydrogens (tertiary/aromatic N) is 2. The first-order valence-electron chi connectivity index (χ1n) is 13.7. The lowest BCUT2D eigenvalue weighted by molar-refractivity contribution is -0.181. The van der Waals surface area contributed by atoms with E-state index in [-0.39, 0.29) is 35.7 Å². The van der Waals surface area contributed by atoms with Crippen LogP contribution in [-0.2, 0) is 21.0 Å². The fraction of sp³-hybridized carbons (Fsp3) is 0.655. The van der Waals surface area contributed by atoms with Crippen molar-refractivity contribution >= 4 is 17.4 Å². The Morgan fingerprint density at radius 1 is 1.18 bits per heavy atom. The SMILES string of the molecule is C[C@]12CCC(=NOCC(=O)NCc3ccncc3)C=C1CC[C@@H]1[C@H]2[C@H](O)C[C@]2(C)[C@@H]1CC[C@]2(O)C(=O)CO. The molecular formula is C29H39N3O6. The van der Waals surface area contributed by atoms with E-state index < -0.39 is 29.5 Å². The zero-order valence-electron chi connectivity index (χ0n) is 22.2. The summed E-state index contributed by atoms with van der Waals surface area (Å²) >= 11 is 0. The van der Waals surface area contributed by atoms with Crippen molar-refractivity contribution in [1.82, 2.24) is 10.3 Å². The molecule has 0 spiro atoms. The lowest BCUT2D eigenvalue weighted by atomic mass is 9.45. The van der Waals surface area contributed by atoms with Gasteiger partial charge < -0.3 is 25.5 Å². The normalized spacial score (nSPS) is 39.0. The van der Waals surface area contributed by atoms with E-state index in [1.165, 1.54) is 5.57 Å². The van der Waals surface area contributed by atoms with Gasteiger partial charge in [-0.3, -0.25) is 14.6 Å². The predicted octanol–water partition coefficient (Wildman–Crippen LogP) is 2.30. The second-order valence-electron chi connectivity index (χ2n) is 12.1. The molecule has 3 saturated carbocycles. The van der Waals surface area contributed by atoms with E-state index in [2.05, 4.69) is 28.5 Å². The number of amides is 1. The van der Waals surface area contributed by atoms with E-state index in [0.717, 1.165) is 37.0 Å². The average molecular weight is 526 g/mol. The van der Waals surface area contributed by atoms with Crippen LogP contribution >= 0.6 is 0 Å². The van der Waals surface area contributed by atoms with Crippen LogP contribution in [0.25, 0.3) is 0 Å². The van der Waals surface area contributed by atoms with Gasteiger partial charge in [0.25, 0.3) is 5.91 Å². The number of allylic oxidation sites excluding steroid dienone is 2. The summed E-state index contributed by atoms with van der Waals surface area (Å²) in [5, 5.41) is 39.4. The largest absolute Gasteiger partial charge is 0.393 e. The van der Waals surface area contributed by atoms with Crippen molar-refractivity contribution in [2.45, 2.75) is 77.0 Å². The molecular weight excluding hydrogens is 486 g/mol. The van der Waals surface area contributed by atoms with Gasteiger partial charge in [-0.05, 0) is 91.9 Å². The molecule has 1 aromatic heterocycles. The van der Waals surface area contributed by atoms with E-state index in [9.17, 15) is 24.9 Å². The Balaban J connectivity index is 1.25. The van der Waals surface area contributed by atoms with Crippen LogP contribution < -0.4 is 5.32 Å². The molecule has 4 aliphatic rings. The molecule has 5 rings (SSSR count). The highest BCUT2D eigenvalue weighted by molar-refractivity contribution is 5.96. The smallest absolute Gasteiger partial charge is 0.261 e. The maximum absolute atomic E-state index is 12.6. The number of pyridine rings is 1. The van der Waals surface area contributed by atoms with Crippen molar-refractivity contribution in [1.29, 1.82) is 0 Å². The number of carbonyl (C=O) groups is 2. The highest BCUT2D eigenvalue weighted by Crippen LogP contribution is 2.67. The molecule has 0 radical (unpaired) electrons. The maximum atomic E-state index is 12.6. The van der Waals surface area contributed by atoms with Crippen molar-refractivity contribution in [2.75, 3.05) is 13.2 Å². The predicted molar refractivity (Wildman–Crippen MR) is 140 cm³/mol. The molecule has 3 fully saturated rings. The van der Waals surface area contributed by atoms with Gasteiger partial charge in [-0.2, -0.15) is 0 Å². The number of Topliss-reactive ketones (excluding diaryl/α,β-unsaturated/α-hetero) is 1. The second-order valence-corrected chi connectivity index (χ2v) is 12.1. The topological polar surface area (TPSA) is 141 Å². The Morgan fingerprint density at radius 3 is 2.68 bits per heavy atom. The fourth-order valence-electron chi connectivity index (χ4n) is 8.29. The summed E-state index contributed by atoms with van der Waals surface area (Å²) in [4.78, 5) is 34.1. The van der Waals surface area contributed by atoms with E-state index in [1.54, 1.807) is 12.4 Å². The zero-order chi connectivity index (χ0) is 27.1. The average Bonchev–Trinajstić information content (AvgIpc) is 3.18. The molecule has 1 heterocycles. The summed E-state index contributed by atoms with van der Waals surface area (Å²) in [6.07, 6.45) is 9.44. The number of rotatable bonds is 7. The highest BCUT2D eigenvalue weighted by Gasteiger charge is 2.68. The Labute approximate surface area is 223 Å². The number of carbonyl (C=O) groups excluding carboxylic acids is 2. The molecule has 206 valence electrons. The van der Waals surface area contributed by atoms with Crippen molar-refractivity contribution in [3.05, 3.63) is 41.7 Å². The van der Waals surface area contributed by atoms with E-state index >= 15 is 0 Å². The van der Waals surface area contributed by atoms with E-state index in [4.69, 9.17) is 4.84 Å². The first kappa shape index (κ1) is 27.0. The van der Waals surface area contributed by atoms with Crippen LogP contribution in [0, 0.1) is 28.6 Å². The number of hydrogen-bond donors (Lipinski definition) is 4. The van der Waals surface area contributed by atoms with Crippen molar-refractivity contribution in [3.8, 4) is 0 Å². The third-order valence-corrected chi connectivity index (χ3v) is 10.3. The maximum Gasteiger partial charge on any atom is 0.261 e. The first-order valence-corrected chi connectivity index (χ1v) is 13.7. The molecule has 7 atom stereocenters.